The fourth-order valence-electron chi connectivity index (χ4n) is 5.56. The second-order valence-electron chi connectivity index (χ2n) is 7.79. The minimum absolute atomic E-state index is 0.0592. The molecule has 4 atom stereocenters. The molecule has 0 heterocycles. The third-order valence-corrected chi connectivity index (χ3v) is 6.67. The number of carbonyl (C=O) groups is 2. The summed E-state index contributed by atoms with van der Waals surface area (Å²) in [6, 6.07) is 6.13. The number of Topliss-reactive ketones (excluding diaryl/α,β-unsaturated/α-hetero) is 1. The summed E-state index contributed by atoms with van der Waals surface area (Å²) in [5.74, 6) is 2.68. The Hall–Kier alpha value is -1.64. The number of hydrogen-bond donors (Lipinski definition) is 0. The number of esters is 1. The Morgan fingerprint density at radius 1 is 1.22 bits per heavy atom. The van der Waals surface area contributed by atoms with Gasteiger partial charge in [0.05, 0.1) is 0 Å². The third-order valence-electron chi connectivity index (χ3n) is 6.67. The molecule has 1 aromatic rings. The average Bonchev–Trinajstić information content (AvgIpc) is 2.82. The zero-order valence-corrected chi connectivity index (χ0v) is 13.9. The van der Waals surface area contributed by atoms with E-state index in [4.69, 9.17) is 4.74 Å². The van der Waals surface area contributed by atoms with E-state index in [0.29, 0.717) is 29.3 Å². The number of benzene rings is 1. The zero-order chi connectivity index (χ0) is 16.2. The Morgan fingerprint density at radius 3 is 2.83 bits per heavy atom. The van der Waals surface area contributed by atoms with E-state index in [-0.39, 0.29) is 11.4 Å². The minimum atomic E-state index is -0.267. The molecule has 1 aromatic carbocycles. The van der Waals surface area contributed by atoms with Crippen LogP contribution in [0.15, 0.2) is 18.2 Å². The first kappa shape index (κ1) is 14.9. The summed E-state index contributed by atoms with van der Waals surface area (Å²) in [5, 5.41) is 0. The highest BCUT2D eigenvalue weighted by Gasteiger charge is 2.54. The molecule has 0 spiro atoms. The van der Waals surface area contributed by atoms with Crippen molar-refractivity contribution in [3.05, 3.63) is 29.3 Å². The Morgan fingerprint density at radius 2 is 2.04 bits per heavy atom. The van der Waals surface area contributed by atoms with E-state index in [1.54, 1.807) is 0 Å². The summed E-state index contributed by atoms with van der Waals surface area (Å²) in [4.78, 5) is 23.5. The van der Waals surface area contributed by atoms with Gasteiger partial charge in [0.25, 0.3) is 0 Å². The van der Waals surface area contributed by atoms with Crippen LogP contribution in [0.25, 0.3) is 0 Å². The van der Waals surface area contributed by atoms with Crippen LogP contribution < -0.4 is 4.74 Å². The molecule has 3 nitrogen and oxygen atoms in total. The molecule has 0 bridgehead atoms. The number of aryl methyl sites for hydroxylation is 1. The Balaban J connectivity index is 1.65. The van der Waals surface area contributed by atoms with Gasteiger partial charge in [0.2, 0.25) is 0 Å². The SMILES string of the molecule is CC(=O)Oc1ccc2c(c1)CC[C@H]1[C@@H]2CC[C@]2(C)C(=O)CC[C@H]12. The maximum Gasteiger partial charge on any atom is 0.308 e. The molecule has 0 amide bonds. The first-order chi connectivity index (χ1) is 11.0. The van der Waals surface area contributed by atoms with Crippen LogP contribution in [0, 0.1) is 17.3 Å². The van der Waals surface area contributed by atoms with Gasteiger partial charge in [-0.25, -0.2) is 0 Å². The molecule has 23 heavy (non-hydrogen) atoms. The highest BCUT2D eigenvalue weighted by Crippen LogP contribution is 2.59. The van der Waals surface area contributed by atoms with Crippen LogP contribution in [0.5, 0.6) is 5.75 Å². The number of carbonyl (C=O) groups excluding carboxylic acids is 2. The molecule has 4 rings (SSSR count). The van der Waals surface area contributed by atoms with Crippen LogP contribution in [-0.4, -0.2) is 11.8 Å². The van der Waals surface area contributed by atoms with Gasteiger partial charge < -0.3 is 4.74 Å². The largest absolute Gasteiger partial charge is 0.427 e. The molecular weight excluding hydrogens is 288 g/mol. The second-order valence-corrected chi connectivity index (χ2v) is 7.79. The van der Waals surface area contributed by atoms with Crippen LogP contribution >= 0.6 is 0 Å². The minimum Gasteiger partial charge on any atom is -0.427 e. The summed E-state index contributed by atoms with van der Waals surface area (Å²) in [6.45, 7) is 3.65. The molecule has 0 unspecified atom stereocenters. The van der Waals surface area contributed by atoms with Gasteiger partial charge in [0.1, 0.15) is 11.5 Å². The van der Waals surface area contributed by atoms with Gasteiger partial charge in [0, 0.05) is 18.8 Å². The van der Waals surface area contributed by atoms with Crippen molar-refractivity contribution in [2.75, 3.05) is 0 Å². The molecule has 3 aliphatic rings. The van der Waals surface area contributed by atoms with Gasteiger partial charge in [-0.1, -0.05) is 13.0 Å². The lowest BCUT2D eigenvalue weighted by molar-refractivity contribution is -0.132. The van der Waals surface area contributed by atoms with Gasteiger partial charge in [-0.05, 0) is 73.1 Å². The van der Waals surface area contributed by atoms with E-state index >= 15 is 0 Å². The number of ether oxygens (including phenoxy) is 1. The Kier molecular flexibility index (Phi) is 3.36. The van der Waals surface area contributed by atoms with Crippen molar-refractivity contribution in [1.29, 1.82) is 0 Å². The first-order valence-electron chi connectivity index (χ1n) is 8.83. The monoisotopic (exact) mass is 312 g/mol. The van der Waals surface area contributed by atoms with Crippen LogP contribution in [0.2, 0.25) is 0 Å². The van der Waals surface area contributed by atoms with E-state index < -0.39 is 0 Å². The predicted octanol–water partition coefficient (Wildman–Crippen LogP) is 4.04. The quantitative estimate of drug-likeness (QED) is 0.580. The number of fused-ring (bicyclic) bond motifs is 5. The molecule has 2 fully saturated rings. The van der Waals surface area contributed by atoms with Gasteiger partial charge in [0.15, 0.2) is 0 Å². The highest BCUT2D eigenvalue weighted by molar-refractivity contribution is 5.87. The van der Waals surface area contributed by atoms with Crippen LogP contribution in [0.1, 0.15) is 63.0 Å². The summed E-state index contributed by atoms with van der Waals surface area (Å²) >= 11 is 0. The third kappa shape index (κ3) is 2.24. The lowest BCUT2D eigenvalue weighted by atomic mass is 9.55. The van der Waals surface area contributed by atoms with Gasteiger partial charge >= 0.3 is 5.97 Å². The summed E-state index contributed by atoms with van der Waals surface area (Å²) in [7, 11) is 0. The van der Waals surface area contributed by atoms with Gasteiger partial charge in [-0.2, -0.15) is 0 Å². The number of ketones is 1. The topological polar surface area (TPSA) is 43.4 Å². The van der Waals surface area contributed by atoms with E-state index in [1.165, 1.54) is 18.1 Å². The lowest BCUT2D eigenvalue weighted by Crippen LogP contribution is -2.42. The molecule has 0 aromatic heterocycles. The van der Waals surface area contributed by atoms with Crippen molar-refractivity contribution >= 4 is 11.8 Å². The van der Waals surface area contributed by atoms with Crippen molar-refractivity contribution in [3.63, 3.8) is 0 Å². The van der Waals surface area contributed by atoms with Crippen molar-refractivity contribution in [1.82, 2.24) is 0 Å². The maximum absolute atomic E-state index is 12.3. The number of rotatable bonds is 1. The standard InChI is InChI=1S/C20H24O3/c1-12(21)23-14-4-6-15-13(11-14)3-5-17-16(15)9-10-20(2)18(17)7-8-19(20)22/h4,6,11,16-18H,3,5,7-10H2,1-2H3/t16-,17+,18-,20+/m1/s1. The maximum atomic E-state index is 12.3. The molecule has 0 saturated heterocycles. The van der Waals surface area contributed by atoms with Crippen molar-refractivity contribution in [3.8, 4) is 5.75 Å². The van der Waals surface area contributed by atoms with Crippen LogP contribution in [-0.2, 0) is 16.0 Å². The Labute approximate surface area is 137 Å². The fourth-order valence-corrected chi connectivity index (χ4v) is 5.56. The highest BCUT2D eigenvalue weighted by atomic mass is 16.5. The van der Waals surface area contributed by atoms with Crippen molar-refractivity contribution < 1.29 is 14.3 Å². The average molecular weight is 312 g/mol. The molecule has 122 valence electrons. The van der Waals surface area contributed by atoms with Crippen LogP contribution in [0.4, 0.5) is 0 Å². The molecule has 0 N–H and O–H groups in total. The second kappa shape index (κ2) is 5.19. The van der Waals surface area contributed by atoms with E-state index in [9.17, 15) is 9.59 Å². The molecule has 3 aliphatic carbocycles. The summed E-state index contributed by atoms with van der Waals surface area (Å²) in [5.41, 5.74) is 2.70. The summed E-state index contributed by atoms with van der Waals surface area (Å²) in [6.07, 6.45) is 6.20. The lowest BCUT2D eigenvalue weighted by Gasteiger charge is -2.48. The van der Waals surface area contributed by atoms with Gasteiger partial charge in [-0.3, -0.25) is 9.59 Å². The molecular formula is C20H24O3. The predicted molar refractivity (Wildman–Crippen MR) is 87.4 cm³/mol. The molecule has 3 heteroatoms. The van der Waals surface area contributed by atoms with E-state index in [2.05, 4.69) is 13.0 Å². The smallest absolute Gasteiger partial charge is 0.308 e. The molecule has 0 aliphatic heterocycles. The van der Waals surface area contributed by atoms with Gasteiger partial charge in [-0.15, -0.1) is 0 Å². The normalized spacial score (nSPS) is 35.2. The molecule has 2 saturated carbocycles. The van der Waals surface area contributed by atoms with E-state index in [1.807, 2.05) is 12.1 Å². The summed E-state index contributed by atoms with van der Waals surface area (Å²) < 4.78 is 5.23. The fraction of sp³-hybridized carbons (Fsp3) is 0.600. The van der Waals surface area contributed by atoms with Crippen molar-refractivity contribution in [2.45, 2.75) is 58.3 Å². The van der Waals surface area contributed by atoms with E-state index in [0.717, 1.165) is 38.5 Å². The molecule has 0 radical (unpaired) electrons. The van der Waals surface area contributed by atoms with Crippen LogP contribution in [0.3, 0.4) is 0 Å². The number of hydrogen-bond acceptors (Lipinski definition) is 3. The van der Waals surface area contributed by atoms with Crippen molar-refractivity contribution in [2.24, 2.45) is 17.3 Å². The first-order valence-corrected chi connectivity index (χ1v) is 8.83. The zero-order valence-electron chi connectivity index (χ0n) is 13.9. The Bertz CT molecular complexity index is 677.